The van der Waals surface area contributed by atoms with Crippen LogP contribution in [0.4, 0.5) is 5.69 Å². The van der Waals surface area contributed by atoms with Gasteiger partial charge in [-0.25, -0.2) is 0 Å². The van der Waals surface area contributed by atoms with Gasteiger partial charge in [-0.05, 0) is 97.6 Å². The van der Waals surface area contributed by atoms with Crippen LogP contribution in [0.5, 0.6) is 5.75 Å². The number of nitrogens with zero attached hydrogens (tertiary/aromatic N) is 1. The van der Waals surface area contributed by atoms with Gasteiger partial charge in [0.25, 0.3) is 0 Å². The topological polar surface area (TPSA) is 49.8 Å². The number of aliphatic hydroxyl groups is 1. The Morgan fingerprint density at radius 2 is 2.00 bits per heavy atom. The van der Waals surface area contributed by atoms with Gasteiger partial charge in [0.1, 0.15) is 12.4 Å². The first-order chi connectivity index (χ1) is 16.4. The van der Waals surface area contributed by atoms with Crippen LogP contribution in [0.1, 0.15) is 70.3 Å². The van der Waals surface area contributed by atoms with E-state index in [0.29, 0.717) is 30.0 Å². The number of hydrogen-bond donors (Lipinski definition) is 1. The molecule has 0 bridgehead atoms. The van der Waals surface area contributed by atoms with Gasteiger partial charge in [0.2, 0.25) is 0 Å². The SMILES string of the molecule is C#CC.CN1CCOc2ccc(C3CC4(C)C(O)CCC4C4CCC5=CC(=O)CCC5=C34)cc21. The normalized spacial score (nSPS) is 33.8. The minimum atomic E-state index is -0.208. The molecule has 2 fully saturated rings. The number of allylic oxidation sites excluding steroid dienone is 4. The average molecular weight is 460 g/mol. The molecule has 34 heavy (non-hydrogen) atoms. The van der Waals surface area contributed by atoms with Crippen LogP contribution in [-0.2, 0) is 4.79 Å². The van der Waals surface area contributed by atoms with Crippen molar-refractivity contribution in [2.75, 3.05) is 25.1 Å². The summed E-state index contributed by atoms with van der Waals surface area (Å²) in [5.41, 5.74) is 6.88. The minimum Gasteiger partial charge on any atom is -0.490 e. The van der Waals surface area contributed by atoms with E-state index in [-0.39, 0.29) is 11.5 Å². The average Bonchev–Trinajstić information content (AvgIpc) is 3.13. The number of carbonyl (C=O) groups excluding carboxylic acids is 1. The first kappa shape index (κ1) is 23.2. The molecule has 180 valence electrons. The first-order valence-corrected chi connectivity index (χ1v) is 12.9. The predicted molar refractivity (Wildman–Crippen MR) is 136 cm³/mol. The van der Waals surface area contributed by atoms with E-state index in [2.05, 4.69) is 49.4 Å². The lowest BCUT2D eigenvalue weighted by Crippen LogP contribution is -2.45. The summed E-state index contributed by atoms with van der Waals surface area (Å²) < 4.78 is 5.91. The molecule has 1 aromatic carbocycles. The third-order valence-electron chi connectivity index (χ3n) is 9.16. The second-order valence-corrected chi connectivity index (χ2v) is 11.0. The van der Waals surface area contributed by atoms with Crippen molar-refractivity contribution < 1.29 is 14.6 Å². The Kier molecular flexibility index (Phi) is 6.10. The van der Waals surface area contributed by atoms with Gasteiger partial charge in [-0.1, -0.05) is 18.6 Å². The summed E-state index contributed by atoms with van der Waals surface area (Å²) in [7, 11) is 2.14. The van der Waals surface area contributed by atoms with Gasteiger partial charge in [0.15, 0.2) is 5.78 Å². The Bertz CT molecular complexity index is 1090. The summed E-state index contributed by atoms with van der Waals surface area (Å²) in [6.45, 7) is 5.64. The van der Waals surface area contributed by atoms with Gasteiger partial charge in [0, 0.05) is 19.4 Å². The molecule has 0 spiro atoms. The number of benzene rings is 1. The Labute approximate surface area is 204 Å². The summed E-state index contributed by atoms with van der Waals surface area (Å²) in [6, 6.07) is 6.73. The molecule has 0 saturated heterocycles. The zero-order chi connectivity index (χ0) is 24.0. The van der Waals surface area contributed by atoms with E-state index in [4.69, 9.17) is 4.74 Å². The van der Waals surface area contributed by atoms with E-state index in [1.165, 1.54) is 22.4 Å². The zero-order valence-electron chi connectivity index (χ0n) is 20.8. The van der Waals surface area contributed by atoms with Gasteiger partial charge < -0.3 is 14.7 Å². The highest BCUT2D eigenvalue weighted by Gasteiger charge is 2.56. The van der Waals surface area contributed by atoms with E-state index in [1.807, 2.05) is 6.08 Å². The van der Waals surface area contributed by atoms with Crippen molar-refractivity contribution >= 4 is 11.5 Å². The van der Waals surface area contributed by atoms with Crippen molar-refractivity contribution in [1.82, 2.24) is 0 Å². The molecule has 0 radical (unpaired) electrons. The molecule has 1 aromatic rings. The highest BCUT2D eigenvalue weighted by molar-refractivity contribution is 5.93. The molecule has 5 aliphatic rings. The second kappa shape index (κ2) is 8.93. The van der Waals surface area contributed by atoms with E-state index in [1.54, 1.807) is 12.5 Å². The number of terminal acetylenes is 1. The van der Waals surface area contributed by atoms with Crippen molar-refractivity contribution in [2.24, 2.45) is 17.3 Å². The number of aliphatic hydroxyl groups excluding tert-OH is 1. The molecular weight excluding hydrogens is 422 g/mol. The number of likely N-dealkylation sites (N-methyl/N-ethyl adjacent to an activating group) is 1. The number of ether oxygens (including phenoxy) is 1. The molecule has 2 saturated carbocycles. The molecule has 1 N–H and O–H groups in total. The molecular formula is C30H37NO3. The van der Waals surface area contributed by atoms with E-state index in [9.17, 15) is 9.90 Å². The van der Waals surface area contributed by atoms with Crippen molar-refractivity contribution in [3.05, 3.63) is 46.6 Å². The van der Waals surface area contributed by atoms with Gasteiger partial charge >= 0.3 is 0 Å². The smallest absolute Gasteiger partial charge is 0.156 e. The fraction of sp³-hybridized carbons (Fsp3) is 0.567. The fourth-order valence-corrected chi connectivity index (χ4v) is 7.52. The monoisotopic (exact) mass is 459 g/mol. The number of carbonyl (C=O) groups is 1. The molecule has 5 unspecified atom stereocenters. The van der Waals surface area contributed by atoms with Crippen molar-refractivity contribution in [1.29, 1.82) is 0 Å². The largest absolute Gasteiger partial charge is 0.490 e. The van der Waals surface area contributed by atoms with Gasteiger partial charge in [-0.3, -0.25) is 4.79 Å². The lowest BCUT2D eigenvalue weighted by atomic mass is 9.53. The third kappa shape index (κ3) is 3.69. The Hall–Kier alpha value is -2.51. The zero-order valence-corrected chi connectivity index (χ0v) is 20.8. The summed E-state index contributed by atoms with van der Waals surface area (Å²) >= 11 is 0. The third-order valence-corrected chi connectivity index (χ3v) is 9.16. The summed E-state index contributed by atoms with van der Waals surface area (Å²) in [4.78, 5) is 14.4. The van der Waals surface area contributed by atoms with Crippen molar-refractivity contribution in [3.8, 4) is 18.1 Å². The van der Waals surface area contributed by atoms with E-state index in [0.717, 1.165) is 57.4 Å². The number of ketones is 1. The van der Waals surface area contributed by atoms with Crippen LogP contribution in [0.25, 0.3) is 0 Å². The highest BCUT2D eigenvalue weighted by atomic mass is 16.5. The standard InChI is InChI=1S/C27H33NO3.C3H4/c1-27-15-21(17-4-9-24-23(14-17)28(2)11-12-31-24)26-19-7-5-18(29)13-16(19)3-6-20(26)22(27)8-10-25(27)30;1-3-2/h4,9,13-14,20-22,25,30H,3,5-8,10-12,15H2,1-2H3;1H,2H3. The van der Waals surface area contributed by atoms with Crippen LogP contribution >= 0.6 is 0 Å². The van der Waals surface area contributed by atoms with Gasteiger partial charge in [0.05, 0.1) is 18.3 Å². The van der Waals surface area contributed by atoms with Crippen LogP contribution in [0.15, 0.2) is 41.0 Å². The molecule has 0 amide bonds. The van der Waals surface area contributed by atoms with Crippen LogP contribution < -0.4 is 9.64 Å². The van der Waals surface area contributed by atoms with E-state index >= 15 is 0 Å². The van der Waals surface area contributed by atoms with Crippen LogP contribution in [0.2, 0.25) is 0 Å². The second-order valence-electron chi connectivity index (χ2n) is 11.0. The van der Waals surface area contributed by atoms with Crippen molar-refractivity contribution in [2.45, 2.75) is 70.8 Å². The molecule has 4 aliphatic carbocycles. The van der Waals surface area contributed by atoms with Gasteiger partial charge in [-0.2, -0.15) is 0 Å². The minimum absolute atomic E-state index is 0.0244. The number of fused-ring (bicyclic) bond motifs is 5. The maximum Gasteiger partial charge on any atom is 0.156 e. The molecule has 5 atom stereocenters. The molecule has 6 rings (SSSR count). The van der Waals surface area contributed by atoms with Crippen LogP contribution in [0, 0.1) is 29.6 Å². The predicted octanol–water partition coefficient (Wildman–Crippen LogP) is 5.42. The Balaban J connectivity index is 0.000000764. The molecule has 4 nitrogen and oxygen atoms in total. The summed E-state index contributed by atoms with van der Waals surface area (Å²) in [5, 5.41) is 11.0. The fourth-order valence-electron chi connectivity index (χ4n) is 7.52. The molecule has 1 heterocycles. The first-order valence-electron chi connectivity index (χ1n) is 12.9. The lowest BCUT2D eigenvalue weighted by Gasteiger charge is -2.52. The summed E-state index contributed by atoms with van der Waals surface area (Å²) in [6.07, 6.45) is 13.1. The van der Waals surface area contributed by atoms with Gasteiger partial charge in [-0.15, -0.1) is 12.3 Å². The molecule has 4 heteroatoms. The van der Waals surface area contributed by atoms with Crippen LogP contribution in [-0.4, -0.2) is 37.2 Å². The summed E-state index contributed by atoms with van der Waals surface area (Å²) in [5.74, 6) is 4.92. The number of rotatable bonds is 1. The lowest BCUT2D eigenvalue weighted by molar-refractivity contribution is -0.114. The number of hydrogen-bond acceptors (Lipinski definition) is 4. The quantitative estimate of drug-likeness (QED) is 0.570. The maximum atomic E-state index is 12.2. The van der Waals surface area contributed by atoms with Crippen LogP contribution in [0.3, 0.4) is 0 Å². The molecule has 1 aliphatic heterocycles. The maximum absolute atomic E-state index is 12.2. The van der Waals surface area contributed by atoms with Crippen molar-refractivity contribution in [3.63, 3.8) is 0 Å². The Morgan fingerprint density at radius 1 is 1.21 bits per heavy atom. The highest BCUT2D eigenvalue weighted by Crippen LogP contribution is 2.64. The Morgan fingerprint density at radius 3 is 2.79 bits per heavy atom. The number of anilines is 1. The molecule has 0 aromatic heterocycles. The van der Waals surface area contributed by atoms with E-state index < -0.39 is 0 Å².